The number of carbonyl (C=O) groups is 1. The second-order valence-electron chi connectivity index (χ2n) is 3.86. The number of carbonyl (C=O) groups excluding carboxylic acids is 1. The van der Waals surface area contributed by atoms with Gasteiger partial charge in [0.15, 0.2) is 0 Å². The summed E-state index contributed by atoms with van der Waals surface area (Å²) in [6.07, 6.45) is 5.49. The highest BCUT2D eigenvalue weighted by Gasteiger charge is 2.39. The van der Waals surface area contributed by atoms with Crippen molar-refractivity contribution in [1.29, 1.82) is 0 Å². The lowest BCUT2D eigenvalue weighted by Gasteiger charge is -2.19. The lowest BCUT2D eigenvalue weighted by Crippen LogP contribution is -2.16. The molecule has 0 aromatic carbocycles. The fraction of sp³-hybridized carbons (Fsp3) is 0.889. The SMILES string of the molecule is O=COCC1CC2CCC1C2. The fourth-order valence-electron chi connectivity index (χ4n) is 2.74. The quantitative estimate of drug-likeness (QED) is 0.577. The van der Waals surface area contributed by atoms with Gasteiger partial charge in [-0.3, -0.25) is 4.79 Å². The van der Waals surface area contributed by atoms with Crippen LogP contribution in [0.3, 0.4) is 0 Å². The average Bonchev–Trinajstić information content (AvgIpc) is 2.60. The Balaban J connectivity index is 1.83. The molecule has 0 amide bonds. The van der Waals surface area contributed by atoms with E-state index in [-0.39, 0.29) is 0 Å². The molecule has 3 atom stereocenters. The van der Waals surface area contributed by atoms with Crippen LogP contribution in [0.2, 0.25) is 0 Å². The van der Waals surface area contributed by atoms with E-state index in [1.54, 1.807) is 0 Å². The smallest absolute Gasteiger partial charge is 0.293 e. The van der Waals surface area contributed by atoms with Crippen molar-refractivity contribution in [3.63, 3.8) is 0 Å². The highest BCUT2D eigenvalue weighted by Crippen LogP contribution is 2.48. The first-order chi connectivity index (χ1) is 5.40. The van der Waals surface area contributed by atoms with E-state index in [0.717, 1.165) is 11.8 Å². The molecule has 2 aliphatic rings. The molecule has 3 unspecified atom stereocenters. The van der Waals surface area contributed by atoms with E-state index < -0.39 is 0 Å². The molecule has 0 aromatic heterocycles. The first-order valence-electron chi connectivity index (χ1n) is 4.45. The van der Waals surface area contributed by atoms with Crippen molar-refractivity contribution in [3.8, 4) is 0 Å². The van der Waals surface area contributed by atoms with Gasteiger partial charge in [-0.15, -0.1) is 0 Å². The summed E-state index contributed by atoms with van der Waals surface area (Å²) in [6, 6.07) is 0. The standard InChI is InChI=1S/C9H14O2/c10-6-11-5-9-4-7-1-2-8(9)3-7/h6-9H,1-5H2. The summed E-state index contributed by atoms with van der Waals surface area (Å²) >= 11 is 0. The maximum Gasteiger partial charge on any atom is 0.293 e. The van der Waals surface area contributed by atoms with Crippen LogP contribution in [0.15, 0.2) is 0 Å². The van der Waals surface area contributed by atoms with Crippen LogP contribution >= 0.6 is 0 Å². The van der Waals surface area contributed by atoms with E-state index >= 15 is 0 Å². The minimum atomic E-state index is 0.575. The summed E-state index contributed by atoms with van der Waals surface area (Å²) in [5, 5.41) is 0. The summed E-state index contributed by atoms with van der Waals surface area (Å²) in [5.41, 5.74) is 0. The Morgan fingerprint density at radius 2 is 2.27 bits per heavy atom. The molecule has 2 heteroatoms. The third-order valence-corrected chi connectivity index (χ3v) is 3.26. The number of rotatable bonds is 3. The Kier molecular flexibility index (Phi) is 1.84. The van der Waals surface area contributed by atoms with Crippen LogP contribution in [-0.4, -0.2) is 13.1 Å². The van der Waals surface area contributed by atoms with Gasteiger partial charge in [-0.25, -0.2) is 0 Å². The van der Waals surface area contributed by atoms with Crippen LogP contribution in [0.25, 0.3) is 0 Å². The number of hydrogen-bond donors (Lipinski definition) is 0. The number of ether oxygens (including phenoxy) is 1. The normalized spacial score (nSPS) is 40.9. The molecular formula is C9H14O2. The minimum Gasteiger partial charge on any atom is -0.468 e. The van der Waals surface area contributed by atoms with E-state index in [1.165, 1.54) is 25.7 Å². The van der Waals surface area contributed by atoms with Gasteiger partial charge in [0, 0.05) is 0 Å². The molecule has 0 radical (unpaired) electrons. The maximum absolute atomic E-state index is 9.95. The van der Waals surface area contributed by atoms with Crippen molar-refractivity contribution in [2.45, 2.75) is 25.7 Å². The zero-order valence-corrected chi connectivity index (χ0v) is 6.66. The molecule has 2 rings (SSSR count). The van der Waals surface area contributed by atoms with Crippen LogP contribution in [0.4, 0.5) is 0 Å². The number of fused-ring (bicyclic) bond motifs is 2. The van der Waals surface area contributed by atoms with Gasteiger partial charge in [0.2, 0.25) is 0 Å². The van der Waals surface area contributed by atoms with Crippen molar-refractivity contribution in [2.75, 3.05) is 6.61 Å². The minimum absolute atomic E-state index is 0.575. The summed E-state index contributed by atoms with van der Waals surface area (Å²) in [4.78, 5) is 9.95. The molecule has 0 heterocycles. The molecule has 0 N–H and O–H groups in total. The molecule has 2 bridgehead atoms. The molecule has 2 saturated carbocycles. The van der Waals surface area contributed by atoms with Crippen molar-refractivity contribution in [1.82, 2.24) is 0 Å². The molecule has 2 aliphatic carbocycles. The Morgan fingerprint density at radius 3 is 2.82 bits per heavy atom. The van der Waals surface area contributed by atoms with Crippen LogP contribution < -0.4 is 0 Å². The largest absolute Gasteiger partial charge is 0.468 e. The molecule has 2 nitrogen and oxygen atoms in total. The first kappa shape index (κ1) is 7.14. The molecular weight excluding hydrogens is 140 g/mol. The van der Waals surface area contributed by atoms with E-state index in [4.69, 9.17) is 4.74 Å². The molecule has 0 aromatic rings. The Bertz CT molecular complexity index is 156. The van der Waals surface area contributed by atoms with Crippen LogP contribution in [-0.2, 0) is 9.53 Å². The van der Waals surface area contributed by atoms with Crippen LogP contribution in [0.5, 0.6) is 0 Å². The Labute approximate surface area is 66.9 Å². The van der Waals surface area contributed by atoms with Crippen molar-refractivity contribution >= 4 is 6.47 Å². The van der Waals surface area contributed by atoms with Gasteiger partial charge in [-0.2, -0.15) is 0 Å². The van der Waals surface area contributed by atoms with Gasteiger partial charge in [-0.1, -0.05) is 6.42 Å². The highest BCUT2D eigenvalue weighted by molar-refractivity contribution is 5.36. The van der Waals surface area contributed by atoms with E-state index in [1.807, 2.05) is 0 Å². The third-order valence-electron chi connectivity index (χ3n) is 3.26. The molecule has 11 heavy (non-hydrogen) atoms. The summed E-state index contributed by atoms with van der Waals surface area (Å²) < 4.78 is 4.79. The average molecular weight is 154 g/mol. The first-order valence-corrected chi connectivity index (χ1v) is 4.45. The second-order valence-corrected chi connectivity index (χ2v) is 3.86. The third kappa shape index (κ3) is 1.26. The van der Waals surface area contributed by atoms with Gasteiger partial charge in [0.05, 0.1) is 6.61 Å². The molecule has 0 saturated heterocycles. The monoisotopic (exact) mass is 154 g/mol. The zero-order chi connectivity index (χ0) is 7.68. The van der Waals surface area contributed by atoms with Crippen molar-refractivity contribution < 1.29 is 9.53 Å². The van der Waals surface area contributed by atoms with Crippen LogP contribution in [0, 0.1) is 17.8 Å². The second kappa shape index (κ2) is 2.84. The Hall–Kier alpha value is -0.530. The molecule has 62 valence electrons. The van der Waals surface area contributed by atoms with Gasteiger partial charge in [0.1, 0.15) is 0 Å². The fourth-order valence-corrected chi connectivity index (χ4v) is 2.74. The van der Waals surface area contributed by atoms with E-state index in [0.29, 0.717) is 19.0 Å². The summed E-state index contributed by atoms with van der Waals surface area (Å²) in [6.45, 7) is 1.25. The predicted octanol–water partition coefficient (Wildman–Crippen LogP) is 1.60. The molecule has 0 aliphatic heterocycles. The van der Waals surface area contributed by atoms with Gasteiger partial charge in [0.25, 0.3) is 6.47 Å². The molecule has 0 spiro atoms. The maximum atomic E-state index is 9.95. The lowest BCUT2D eigenvalue weighted by atomic mass is 9.90. The van der Waals surface area contributed by atoms with Crippen molar-refractivity contribution in [3.05, 3.63) is 0 Å². The van der Waals surface area contributed by atoms with Crippen LogP contribution in [0.1, 0.15) is 25.7 Å². The van der Waals surface area contributed by atoms with E-state index in [9.17, 15) is 4.79 Å². The highest BCUT2D eigenvalue weighted by atomic mass is 16.5. The molecule has 2 fully saturated rings. The van der Waals surface area contributed by atoms with Gasteiger partial charge < -0.3 is 4.74 Å². The summed E-state index contributed by atoms with van der Waals surface area (Å²) in [7, 11) is 0. The van der Waals surface area contributed by atoms with Gasteiger partial charge in [-0.05, 0) is 37.0 Å². The van der Waals surface area contributed by atoms with Crippen molar-refractivity contribution in [2.24, 2.45) is 17.8 Å². The zero-order valence-electron chi connectivity index (χ0n) is 6.66. The topological polar surface area (TPSA) is 26.3 Å². The Morgan fingerprint density at radius 1 is 1.36 bits per heavy atom. The van der Waals surface area contributed by atoms with Gasteiger partial charge >= 0.3 is 0 Å². The predicted molar refractivity (Wildman–Crippen MR) is 41.0 cm³/mol. The van der Waals surface area contributed by atoms with E-state index in [2.05, 4.69) is 0 Å². The summed E-state index contributed by atoms with van der Waals surface area (Å²) in [5.74, 6) is 2.53. The lowest BCUT2D eigenvalue weighted by molar-refractivity contribution is -0.130. The number of hydrogen-bond acceptors (Lipinski definition) is 2.